The van der Waals surface area contributed by atoms with Gasteiger partial charge in [-0.1, -0.05) is 13.8 Å². The van der Waals surface area contributed by atoms with E-state index in [9.17, 15) is 4.79 Å². The van der Waals surface area contributed by atoms with Gasteiger partial charge in [0.1, 0.15) is 0 Å². The molecule has 4 rings (SSSR count). The number of hydrogen-bond acceptors (Lipinski definition) is 4. The van der Waals surface area contributed by atoms with Crippen LogP contribution < -0.4 is 5.32 Å². The van der Waals surface area contributed by atoms with Crippen LogP contribution in [0.15, 0.2) is 6.07 Å². The van der Waals surface area contributed by atoms with E-state index >= 15 is 0 Å². The smallest absolute Gasteiger partial charge is 0.254 e. The molecule has 4 heterocycles. The van der Waals surface area contributed by atoms with Gasteiger partial charge in [-0.2, -0.15) is 5.10 Å². The Morgan fingerprint density at radius 1 is 1.16 bits per heavy atom. The summed E-state index contributed by atoms with van der Waals surface area (Å²) in [5, 5.41) is 9.20. The number of carbonyl (C=O) groups is 1. The van der Waals surface area contributed by atoms with Gasteiger partial charge in [0.05, 0.1) is 22.2 Å². The maximum Gasteiger partial charge on any atom is 0.254 e. The summed E-state index contributed by atoms with van der Waals surface area (Å²) in [6.07, 6.45) is 3.43. The van der Waals surface area contributed by atoms with Crippen molar-refractivity contribution in [2.45, 2.75) is 72.3 Å². The van der Waals surface area contributed by atoms with Crippen molar-refractivity contribution in [3.63, 3.8) is 0 Å². The van der Waals surface area contributed by atoms with Crippen molar-refractivity contribution in [3.05, 3.63) is 23.0 Å². The summed E-state index contributed by atoms with van der Waals surface area (Å²) in [4.78, 5) is 20.6. The fourth-order valence-corrected chi connectivity index (χ4v) is 4.82. The van der Waals surface area contributed by atoms with Crippen LogP contribution in [0.25, 0.3) is 11.0 Å². The van der Waals surface area contributed by atoms with Gasteiger partial charge in [-0.3, -0.25) is 4.79 Å². The molecule has 31 heavy (non-hydrogen) atoms. The summed E-state index contributed by atoms with van der Waals surface area (Å²) in [5.74, 6) is 0.389. The van der Waals surface area contributed by atoms with Crippen LogP contribution in [0, 0.1) is 12.3 Å². The number of aryl methyl sites for hydroxylation is 1. The predicted molar refractivity (Wildman–Crippen MR) is 131 cm³/mol. The summed E-state index contributed by atoms with van der Waals surface area (Å²) in [5.41, 5.74) is 3.66. The molecule has 2 aliphatic rings. The summed E-state index contributed by atoms with van der Waals surface area (Å²) in [7, 11) is 0. The van der Waals surface area contributed by atoms with E-state index in [1.807, 2.05) is 17.7 Å². The third-order valence-corrected chi connectivity index (χ3v) is 6.73. The number of fused-ring (bicyclic) bond motifs is 1. The molecule has 2 fully saturated rings. The van der Waals surface area contributed by atoms with Gasteiger partial charge in [-0.25, -0.2) is 9.67 Å². The number of amides is 1. The summed E-state index contributed by atoms with van der Waals surface area (Å²) < 4.78 is 1.98. The van der Waals surface area contributed by atoms with E-state index in [1.54, 1.807) is 0 Å². The fraction of sp³-hybridized carbons (Fsp3) is 0.696. The molecule has 0 aliphatic carbocycles. The monoisotopic (exact) mass is 469 g/mol. The lowest BCUT2D eigenvalue weighted by Crippen LogP contribution is -2.44. The zero-order valence-corrected chi connectivity index (χ0v) is 21.3. The van der Waals surface area contributed by atoms with E-state index in [2.05, 4.69) is 44.8 Å². The van der Waals surface area contributed by atoms with Gasteiger partial charge in [0, 0.05) is 25.3 Å². The number of aromatic nitrogens is 3. The van der Waals surface area contributed by atoms with Crippen LogP contribution in [-0.2, 0) is 5.54 Å². The Morgan fingerprint density at radius 3 is 2.32 bits per heavy atom. The summed E-state index contributed by atoms with van der Waals surface area (Å²) in [6, 6.07) is 2.01. The minimum Gasteiger partial charge on any atom is -0.339 e. The first-order chi connectivity index (χ1) is 13.6. The third-order valence-electron chi connectivity index (χ3n) is 6.73. The SMILES string of the molecule is Cc1nn(C(C)(C)C)c2nc(C(C)C)cc(C(=O)N3CCC4(CCNC4)CC3)c12.Cl.Cl. The Labute approximate surface area is 198 Å². The Bertz CT molecular complexity index is 932. The highest BCUT2D eigenvalue weighted by Gasteiger charge is 2.38. The van der Waals surface area contributed by atoms with Crippen LogP contribution >= 0.6 is 24.8 Å². The average molecular weight is 470 g/mol. The molecule has 0 radical (unpaired) electrons. The van der Waals surface area contributed by atoms with Crippen molar-refractivity contribution in [1.82, 2.24) is 25.0 Å². The van der Waals surface area contributed by atoms with Gasteiger partial charge < -0.3 is 10.2 Å². The predicted octanol–water partition coefficient (Wildman–Crippen LogP) is 4.68. The van der Waals surface area contributed by atoms with Gasteiger partial charge in [-0.15, -0.1) is 24.8 Å². The Hall–Kier alpha value is -1.37. The second-order valence-electron chi connectivity index (χ2n) is 10.3. The first kappa shape index (κ1) is 25.9. The molecule has 2 aromatic heterocycles. The molecule has 2 saturated heterocycles. The molecule has 0 bridgehead atoms. The largest absolute Gasteiger partial charge is 0.339 e. The number of nitrogens with zero attached hydrogens (tertiary/aromatic N) is 4. The van der Waals surface area contributed by atoms with E-state index in [0.29, 0.717) is 5.41 Å². The van der Waals surface area contributed by atoms with Gasteiger partial charge in [0.25, 0.3) is 5.91 Å². The molecule has 0 aromatic carbocycles. The number of likely N-dealkylation sites (tertiary alicyclic amines) is 1. The minimum atomic E-state index is -0.192. The zero-order chi connectivity index (χ0) is 21.0. The van der Waals surface area contributed by atoms with Crippen LogP contribution in [0.5, 0.6) is 0 Å². The molecule has 174 valence electrons. The quantitative estimate of drug-likeness (QED) is 0.693. The standard InChI is InChI=1S/C23H35N5O.2ClH/c1-15(2)18-13-17(19-16(3)26-28(20(19)25-18)22(4,5)6)21(29)27-11-8-23(9-12-27)7-10-24-14-23;;/h13,15,24H,7-12,14H2,1-6H3;2*1H. The van der Waals surface area contributed by atoms with Gasteiger partial charge in [0.15, 0.2) is 5.65 Å². The topological polar surface area (TPSA) is 63.1 Å². The Morgan fingerprint density at radius 2 is 1.81 bits per heavy atom. The molecule has 0 atom stereocenters. The van der Waals surface area contributed by atoms with Crippen molar-refractivity contribution >= 4 is 41.8 Å². The van der Waals surface area contributed by atoms with Crippen LogP contribution in [0.3, 0.4) is 0 Å². The number of hydrogen-bond donors (Lipinski definition) is 1. The normalized spacial score (nSPS) is 18.4. The van der Waals surface area contributed by atoms with Crippen LogP contribution in [-0.4, -0.2) is 51.8 Å². The van der Waals surface area contributed by atoms with Crippen molar-refractivity contribution in [2.75, 3.05) is 26.2 Å². The molecule has 2 aliphatic heterocycles. The van der Waals surface area contributed by atoms with Crippen molar-refractivity contribution in [2.24, 2.45) is 5.41 Å². The lowest BCUT2D eigenvalue weighted by atomic mass is 9.77. The van der Waals surface area contributed by atoms with E-state index in [-0.39, 0.29) is 42.2 Å². The highest BCUT2D eigenvalue weighted by atomic mass is 35.5. The van der Waals surface area contributed by atoms with Gasteiger partial charge in [0.2, 0.25) is 0 Å². The summed E-state index contributed by atoms with van der Waals surface area (Å²) >= 11 is 0. The van der Waals surface area contributed by atoms with Crippen LogP contribution in [0.2, 0.25) is 0 Å². The molecule has 1 amide bonds. The van der Waals surface area contributed by atoms with Crippen molar-refractivity contribution in [1.29, 1.82) is 0 Å². The van der Waals surface area contributed by atoms with Crippen molar-refractivity contribution < 1.29 is 4.79 Å². The van der Waals surface area contributed by atoms with E-state index in [1.165, 1.54) is 6.42 Å². The Kier molecular flexibility index (Phi) is 7.72. The molecule has 1 spiro atoms. The van der Waals surface area contributed by atoms with E-state index in [4.69, 9.17) is 10.1 Å². The maximum absolute atomic E-state index is 13.6. The van der Waals surface area contributed by atoms with Gasteiger partial charge >= 0.3 is 0 Å². The summed E-state index contributed by atoms with van der Waals surface area (Å²) in [6.45, 7) is 16.5. The highest BCUT2D eigenvalue weighted by molar-refractivity contribution is 6.06. The molecular formula is C23H37Cl2N5O. The molecule has 1 N–H and O–H groups in total. The Balaban J connectivity index is 0.00000171. The number of pyridine rings is 1. The van der Waals surface area contributed by atoms with E-state index in [0.717, 1.165) is 67.0 Å². The number of carbonyl (C=O) groups excluding carboxylic acids is 1. The highest BCUT2D eigenvalue weighted by Crippen LogP contribution is 2.38. The first-order valence-electron chi connectivity index (χ1n) is 11.0. The number of nitrogens with one attached hydrogen (secondary N) is 1. The molecular weight excluding hydrogens is 433 g/mol. The lowest BCUT2D eigenvalue weighted by molar-refractivity contribution is 0.0609. The zero-order valence-electron chi connectivity index (χ0n) is 19.6. The molecule has 0 saturated carbocycles. The average Bonchev–Trinajstić information content (AvgIpc) is 3.25. The molecule has 8 heteroatoms. The number of piperidine rings is 1. The van der Waals surface area contributed by atoms with Crippen molar-refractivity contribution in [3.8, 4) is 0 Å². The second-order valence-corrected chi connectivity index (χ2v) is 10.3. The lowest BCUT2D eigenvalue weighted by Gasteiger charge is -2.39. The van der Waals surface area contributed by atoms with Gasteiger partial charge in [-0.05, 0) is 70.9 Å². The maximum atomic E-state index is 13.6. The third kappa shape index (κ3) is 4.71. The van der Waals surface area contributed by atoms with E-state index < -0.39 is 0 Å². The second kappa shape index (κ2) is 9.24. The first-order valence-corrected chi connectivity index (χ1v) is 11.0. The molecule has 2 aromatic rings. The fourth-order valence-electron chi connectivity index (χ4n) is 4.82. The number of halogens is 2. The number of rotatable bonds is 2. The minimum absolute atomic E-state index is 0. The van der Waals surface area contributed by atoms with Crippen LogP contribution in [0.4, 0.5) is 0 Å². The van der Waals surface area contributed by atoms with Crippen LogP contribution in [0.1, 0.15) is 81.5 Å². The molecule has 0 unspecified atom stereocenters. The molecule has 6 nitrogen and oxygen atoms in total.